The van der Waals surface area contributed by atoms with E-state index in [1.165, 1.54) is 32.4 Å². The molecule has 1 aliphatic rings. The standard InChI is InChI=1S/C13H18N2O6S/c1-8-13(16)15-10-6-9(4-5-11(10)21-8)22(17,18)14-7-12(19-2)20-3/h4-6,8,12,14H,7H2,1-3H3,(H,15,16). The number of rotatable bonds is 6. The third kappa shape index (κ3) is 3.55. The smallest absolute Gasteiger partial charge is 0.265 e. The van der Waals surface area contributed by atoms with Gasteiger partial charge in [0.25, 0.3) is 5.91 Å². The molecule has 22 heavy (non-hydrogen) atoms. The van der Waals surface area contributed by atoms with Crippen molar-refractivity contribution in [3.63, 3.8) is 0 Å². The van der Waals surface area contributed by atoms with Gasteiger partial charge in [-0.15, -0.1) is 0 Å². The van der Waals surface area contributed by atoms with Crippen molar-refractivity contribution in [3.05, 3.63) is 18.2 Å². The van der Waals surface area contributed by atoms with Crippen LogP contribution in [-0.2, 0) is 24.3 Å². The number of benzene rings is 1. The van der Waals surface area contributed by atoms with Crippen LogP contribution in [0.3, 0.4) is 0 Å². The Kier molecular flexibility index (Phi) is 5.01. The van der Waals surface area contributed by atoms with E-state index < -0.39 is 22.4 Å². The number of sulfonamides is 1. The topological polar surface area (TPSA) is 103 Å². The van der Waals surface area contributed by atoms with Crippen LogP contribution in [0.4, 0.5) is 5.69 Å². The predicted octanol–water partition coefficient (Wildman–Crippen LogP) is 0.303. The van der Waals surface area contributed by atoms with Gasteiger partial charge in [-0.2, -0.15) is 0 Å². The van der Waals surface area contributed by atoms with Crippen molar-refractivity contribution in [2.45, 2.75) is 24.2 Å². The highest BCUT2D eigenvalue weighted by Gasteiger charge is 2.25. The lowest BCUT2D eigenvalue weighted by molar-refractivity contribution is -0.122. The first-order valence-corrected chi connectivity index (χ1v) is 8.02. The SMILES string of the molecule is COC(CNS(=O)(=O)c1ccc2c(c1)NC(=O)C(C)O2)OC. The van der Waals surface area contributed by atoms with Crippen molar-refractivity contribution < 1.29 is 27.4 Å². The number of carbonyl (C=O) groups is 1. The summed E-state index contributed by atoms with van der Waals surface area (Å²) in [5.74, 6) is 0.103. The average Bonchev–Trinajstić information content (AvgIpc) is 2.49. The van der Waals surface area contributed by atoms with Crippen LogP contribution >= 0.6 is 0 Å². The maximum atomic E-state index is 12.2. The van der Waals surface area contributed by atoms with Crippen LogP contribution in [0, 0.1) is 0 Å². The largest absolute Gasteiger partial charge is 0.479 e. The van der Waals surface area contributed by atoms with E-state index in [1.807, 2.05) is 0 Å². The van der Waals surface area contributed by atoms with Crippen LogP contribution in [0.5, 0.6) is 5.75 Å². The fourth-order valence-corrected chi connectivity index (χ4v) is 2.92. The van der Waals surface area contributed by atoms with Gasteiger partial charge in [0, 0.05) is 14.2 Å². The molecule has 122 valence electrons. The number of anilines is 1. The van der Waals surface area contributed by atoms with Crippen LogP contribution in [0.15, 0.2) is 23.1 Å². The molecule has 1 atom stereocenters. The molecule has 1 aliphatic heterocycles. The van der Waals surface area contributed by atoms with Gasteiger partial charge in [0.15, 0.2) is 12.4 Å². The Morgan fingerprint density at radius 2 is 2.05 bits per heavy atom. The van der Waals surface area contributed by atoms with E-state index >= 15 is 0 Å². The summed E-state index contributed by atoms with van der Waals surface area (Å²) < 4.78 is 42.0. The summed E-state index contributed by atoms with van der Waals surface area (Å²) in [5.41, 5.74) is 0.320. The molecular weight excluding hydrogens is 312 g/mol. The number of ether oxygens (including phenoxy) is 3. The second kappa shape index (κ2) is 6.61. The van der Waals surface area contributed by atoms with E-state index in [1.54, 1.807) is 6.92 Å². The van der Waals surface area contributed by atoms with E-state index in [0.717, 1.165) is 0 Å². The molecule has 1 heterocycles. The molecule has 2 rings (SSSR count). The van der Waals surface area contributed by atoms with Gasteiger partial charge in [-0.3, -0.25) is 4.79 Å². The fourth-order valence-electron chi connectivity index (χ4n) is 1.88. The highest BCUT2D eigenvalue weighted by atomic mass is 32.2. The number of fused-ring (bicyclic) bond motifs is 1. The molecule has 1 amide bonds. The third-order valence-corrected chi connectivity index (χ3v) is 4.58. The number of nitrogens with one attached hydrogen (secondary N) is 2. The molecule has 0 aromatic heterocycles. The molecule has 0 radical (unpaired) electrons. The van der Waals surface area contributed by atoms with Gasteiger partial charge in [0.2, 0.25) is 10.0 Å². The Bertz CT molecular complexity index is 656. The molecule has 0 aliphatic carbocycles. The number of hydrogen-bond acceptors (Lipinski definition) is 6. The average molecular weight is 330 g/mol. The highest BCUT2D eigenvalue weighted by Crippen LogP contribution is 2.31. The Morgan fingerprint density at radius 1 is 1.36 bits per heavy atom. The zero-order valence-electron chi connectivity index (χ0n) is 12.5. The van der Waals surface area contributed by atoms with Gasteiger partial charge in [-0.1, -0.05) is 0 Å². The van der Waals surface area contributed by atoms with E-state index in [9.17, 15) is 13.2 Å². The summed E-state index contributed by atoms with van der Waals surface area (Å²) in [5, 5.41) is 2.60. The van der Waals surface area contributed by atoms with E-state index in [0.29, 0.717) is 11.4 Å². The van der Waals surface area contributed by atoms with Gasteiger partial charge >= 0.3 is 0 Å². The van der Waals surface area contributed by atoms with Gasteiger partial charge < -0.3 is 19.5 Å². The second-order valence-electron chi connectivity index (χ2n) is 4.66. The predicted molar refractivity (Wildman–Crippen MR) is 78.2 cm³/mol. The van der Waals surface area contributed by atoms with Crippen molar-refractivity contribution in [1.29, 1.82) is 0 Å². The molecule has 0 bridgehead atoms. The Hall–Kier alpha value is -1.68. The zero-order valence-corrected chi connectivity index (χ0v) is 13.3. The molecule has 0 spiro atoms. The number of amides is 1. The molecule has 9 heteroatoms. The summed E-state index contributed by atoms with van der Waals surface area (Å²) in [7, 11) is -0.933. The Labute approximate surface area is 128 Å². The quantitative estimate of drug-likeness (QED) is 0.728. The van der Waals surface area contributed by atoms with Crippen LogP contribution < -0.4 is 14.8 Å². The van der Waals surface area contributed by atoms with Crippen LogP contribution in [0.2, 0.25) is 0 Å². The van der Waals surface area contributed by atoms with Crippen molar-refractivity contribution in [2.24, 2.45) is 0 Å². The lowest BCUT2D eigenvalue weighted by Gasteiger charge is -2.23. The Morgan fingerprint density at radius 3 is 2.68 bits per heavy atom. The van der Waals surface area contributed by atoms with Gasteiger partial charge in [0.1, 0.15) is 5.75 Å². The number of methoxy groups -OCH3 is 2. The van der Waals surface area contributed by atoms with Crippen LogP contribution in [0.1, 0.15) is 6.92 Å². The molecule has 0 saturated heterocycles. The van der Waals surface area contributed by atoms with Gasteiger partial charge in [-0.25, -0.2) is 13.1 Å². The maximum Gasteiger partial charge on any atom is 0.265 e. The summed E-state index contributed by atoms with van der Waals surface area (Å²) >= 11 is 0. The minimum absolute atomic E-state index is 0.00987. The van der Waals surface area contributed by atoms with E-state index in [-0.39, 0.29) is 17.3 Å². The first-order chi connectivity index (χ1) is 10.4. The zero-order chi connectivity index (χ0) is 16.3. The number of hydrogen-bond donors (Lipinski definition) is 2. The van der Waals surface area contributed by atoms with Crippen molar-refractivity contribution in [2.75, 3.05) is 26.1 Å². The second-order valence-corrected chi connectivity index (χ2v) is 6.43. The summed E-state index contributed by atoms with van der Waals surface area (Å²) in [6.45, 7) is 1.58. The Balaban J connectivity index is 2.19. The minimum atomic E-state index is -3.76. The maximum absolute atomic E-state index is 12.2. The monoisotopic (exact) mass is 330 g/mol. The van der Waals surface area contributed by atoms with E-state index in [2.05, 4.69) is 10.0 Å². The lowest BCUT2D eigenvalue weighted by Crippen LogP contribution is -2.35. The molecular formula is C13H18N2O6S. The molecule has 1 unspecified atom stereocenters. The lowest BCUT2D eigenvalue weighted by atomic mass is 10.2. The highest BCUT2D eigenvalue weighted by molar-refractivity contribution is 7.89. The van der Waals surface area contributed by atoms with Crippen LogP contribution in [0.25, 0.3) is 0 Å². The van der Waals surface area contributed by atoms with E-state index in [4.69, 9.17) is 14.2 Å². The van der Waals surface area contributed by atoms with Crippen molar-refractivity contribution in [3.8, 4) is 5.75 Å². The first-order valence-electron chi connectivity index (χ1n) is 6.54. The number of carbonyl (C=O) groups excluding carboxylic acids is 1. The molecule has 0 fully saturated rings. The molecule has 8 nitrogen and oxygen atoms in total. The summed E-state index contributed by atoms with van der Waals surface area (Å²) in [4.78, 5) is 11.6. The molecule has 0 saturated carbocycles. The normalized spacial score (nSPS) is 17.8. The minimum Gasteiger partial charge on any atom is -0.479 e. The summed E-state index contributed by atoms with van der Waals surface area (Å²) in [6.07, 6.45) is -1.30. The van der Waals surface area contributed by atoms with Crippen molar-refractivity contribution in [1.82, 2.24) is 4.72 Å². The molecule has 1 aromatic carbocycles. The summed E-state index contributed by atoms with van der Waals surface area (Å²) in [6, 6.07) is 4.25. The van der Waals surface area contributed by atoms with Crippen molar-refractivity contribution >= 4 is 21.6 Å². The fraction of sp³-hybridized carbons (Fsp3) is 0.462. The molecule has 1 aromatic rings. The molecule has 2 N–H and O–H groups in total. The van der Waals surface area contributed by atoms with Gasteiger partial charge in [0.05, 0.1) is 17.1 Å². The third-order valence-electron chi connectivity index (χ3n) is 3.16. The van der Waals surface area contributed by atoms with Crippen LogP contribution in [-0.4, -0.2) is 47.5 Å². The first kappa shape index (κ1) is 16.7. The van der Waals surface area contributed by atoms with Gasteiger partial charge in [-0.05, 0) is 25.1 Å².